The Hall–Kier alpha value is -2.40. The Morgan fingerprint density at radius 1 is 1.27 bits per heavy atom. The maximum atomic E-state index is 4.17. The minimum Gasteiger partial charge on any atom is -0.236 e. The molecule has 0 radical (unpaired) electrons. The van der Waals surface area contributed by atoms with Gasteiger partial charge in [-0.05, 0) is 36.4 Å². The lowest BCUT2D eigenvalue weighted by atomic mass is 10.1. The van der Waals surface area contributed by atoms with Crippen LogP contribution in [0, 0.1) is 6.92 Å². The zero-order chi connectivity index (χ0) is 15.1. The van der Waals surface area contributed by atoms with Gasteiger partial charge < -0.3 is 0 Å². The highest BCUT2D eigenvalue weighted by molar-refractivity contribution is 8.03. The molecule has 0 unspecified atom stereocenters. The van der Waals surface area contributed by atoms with Crippen molar-refractivity contribution in [3.8, 4) is 0 Å². The number of aryl methyl sites for hydroxylation is 2. The first-order valence-corrected chi connectivity index (χ1v) is 7.89. The number of aromatic nitrogens is 3. The van der Waals surface area contributed by atoms with Crippen molar-refractivity contribution >= 4 is 34.6 Å². The van der Waals surface area contributed by atoms with Gasteiger partial charge in [-0.3, -0.25) is 0 Å². The first-order valence-electron chi connectivity index (χ1n) is 7.08. The molecule has 2 aromatic heterocycles. The highest BCUT2D eigenvalue weighted by Gasteiger charge is 2.26. The van der Waals surface area contributed by atoms with Crippen LogP contribution in [0.4, 0.5) is 5.82 Å². The molecule has 4 nitrogen and oxygen atoms in total. The molecule has 1 aliphatic rings. The van der Waals surface area contributed by atoms with Crippen molar-refractivity contribution in [3.05, 3.63) is 58.9 Å². The predicted octanol–water partition coefficient (Wildman–Crippen LogP) is 3.28. The highest BCUT2D eigenvalue weighted by Crippen LogP contribution is 2.40. The Labute approximate surface area is 132 Å². The van der Waals surface area contributed by atoms with Crippen LogP contribution in [0.25, 0.3) is 17.0 Å². The molecule has 5 heteroatoms. The molecular weight excluding hydrogens is 292 g/mol. The van der Waals surface area contributed by atoms with Crippen LogP contribution in [0.5, 0.6) is 0 Å². The van der Waals surface area contributed by atoms with Crippen molar-refractivity contribution < 1.29 is 4.57 Å². The number of nitrogens with zero attached hydrogens (tertiary/aromatic N) is 3. The SMILES string of the molecule is Cc1cc2c([n+](C)c1)NC(=Cc1cnnc3ccccc13)S2. The summed E-state index contributed by atoms with van der Waals surface area (Å²) < 4.78 is 2.13. The van der Waals surface area contributed by atoms with E-state index in [0.717, 1.165) is 27.3 Å². The monoisotopic (exact) mass is 307 g/mol. The van der Waals surface area contributed by atoms with Crippen molar-refractivity contribution in [1.82, 2.24) is 10.2 Å². The van der Waals surface area contributed by atoms with Gasteiger partial charge in [-0.1, -0.05) is 18.2 Å². The number of hydrogen-bond donors (Lipinski definition) is 1. The van der Waals surface area contributed by atoms with Gasteiger partial charge in [-0.25, -0.2) is 9.88 Å². The maximum absolute atomic E-state index is 4.17. The van der Waals surface area contributed by atoms with Crippen molar-refractivity contribution in [2.24, 2.45) is 7.05 Å². The second-order valence-electron chi connectivity index (χ2n) is 5.39. The third kappa shape index (κ3) is 2.23. The molecule has 0 fully saturated rings. The summed E-state index contributed by atoms with van der Waals surface area (Å²) in [6.45, 7) is 2.11. The molecule has 1 aromatic carbocycles. The fourth-order valence-corrected chi connectivity index (χ4v) is 3.80. The predicted molar refractivity (Wildman–Crippen MR) is 89.3 cm³/mol. The second kappa shape index (κ2) is 5.10. The Kier molecular flexibility index (Phi) is 3.08. The Morgan fingerprint density at radius 3 is 3.05 bits per heavy atom. The molecule has 108 valence electrons. The van der Waals surface area contributed by atoms with Gasteiger partial charge in [-0.15, -0.1) is 0 Å². The van der Waals surface area contributed by atoms with Gasteiger partial charge in [0, 0.05) is 17.0 Å². The number of nitrogens with one attached hydrogen (secondary N) is 1. The molecule has 0 aliphatic carbocycles. The van der Waals surface area contributed by atoms with E-state index in [1.165, 1.54) is 10.5 Å². The van der Waals surface area contributed by atoms with Crippen molar-refractivity contribution in [3.63, 3.8) is 0 Å². The lowest BCUT2D eigenvalue weighted by Gasteiger charge is -2.00. The molecule has 1 N–H and O–H groups in total. The minimum absolute atomic E-state index is 0.916. The largest absolute Gasteiger partial charge is 0.294 e. The van der Waals surface area contributed by atoms with Gasteiger partial charge >= 0.3 is 0 Å². The smallest absolute Gasteiger partial charge is 0.236 e. The summed E-state index contributed by atoms with van der Waals surface area (Å²) in [6.07, 6.45) is 6.07. The second-order valence-corrected chi connectivity index (χ2v) is 6.48. The Bertz CT molecular complexity index is 912. The Morgan fingerprint density at radius 2 is 2.14 bits per heavy atom. The molecule has 0 saturated carbocycles. The summed E-state index contributed by atoms with van der Waals surface area (Å²) in [6, 6.07) is 10.3. The van der Waals surface area contributed by atoms with Gasteiger partial charge in [0.2, 0.25) is 0 Å². The molecule has 3 aromatic rings. The van der Waals surface area contributed by atoms with Crippen molar-refractivity contribution in [2.75, 3.05) is 5.32 Å². The number of rotatable bonds is 1. The average Bonchev–Trinajstić information content (AvgIpc) is 2.90. The van der Waals surface area contributed by atoms with E-state index in [1.54, 1.807) is 11.8 Å². The van der Waals surface area contributed by atoms with E-state index in [2.05, 4.69) is 58.5 Å². The summed E-state index contributed by atoms with van der Waals surface area (Å²) in [5.41, 5.74) is 3.25. The van der Waals surface area contributed by atoms with Crippen LogP contribution in [0.2, 0.25) is 0 Å². The van der Waals surface area contributed by atoms with E-state index >= 15 is 0 Å². The van der Waals surface area contributed by atoms with Crippen LogP contribution in [0.3, 0.4) is 0 Å². The molecule has 0 bridgehead atoms. The number of fused-ring (bicyclic) bond motifs is 2. The normalized spacial score (nSPS) is 15.1. The highest BCUT2D eigenvalue weighted by atomic mass is 32.2. The third-order valence-corrected chi connectivity index (χ3v) is 4.64. The van der Waals surface area contributed by atoms with E-state index in [0.29, 0.717) is 0 Å². The molecule has 4 rings (SSSR count). The molecule has 3 heterocycles. The van der Waals surface area contributed by atoms with Gasteiger partial charge in [0.15, 0.2) is 5.03 Å². The number of benzene rings is 1. The summed E-state index contributed by atoms with van der Waals surface area (Å²) in [7, 11) is 2.06. The summed E-state index contributed by atoms with van der Waals surface area (Å²) in [5.74, 6) is 1.13. The van der Waals surface area contributed by atoms with Crippen LogP contribution in [-0.4, -0.2) is 10.2 Å². The lowest BCUT2D eigenvalue weighted by Crippen LogP contribution is -2.31. The molecule has 0 spiro atoms. The quantitative estimate of drug-likeness (QED) is 0.701. The number of thioether (sulfide) groups is 1. The molecule has 22 heavy (non-hydrogen) atoms. The van der Waals surface area contributed by atoms with E-state index < -0.39 is 0 Å². The van der Waals surface area contributed by atoms with Crippen molar-refractivity contribution in [2.45, 2.75) is 11.8 Å². The molecule has 0 amide bonds. The standard InChI is InChI=1S/C17H14N4S/c1-11-7-15-17(21(2)10-11)19-16(22-15)8-12-9-18-20-14-6-4-3-5-13(12)14/h3-10H,1-2H3/p+1. The zero-order valence-corrected chi connectivity index (χ0v) is 13.2. The molecule has 0 atom stereocenters. The molecule has 0 saturated heterocycles. The van der Waals surface area contributed by atoms with Crippen LogP contribution in [0.15, 0.2) is 52.7 Å². The van der Waals surface area contributed by atoms with Crippen LogP contribution in [0.1, 0.15) is 11.1 Å². The molecular formula is C17H15N4S+. The van der Waals surface area contributed by atoms with Gasteiger partial charge in [0.25, 0.3) is 5.82 Å². The lowest BCUT2D eigenvalue weighted by molar-refractivity contribution is -0.658. The topological polar surface area (TPSA) is 41.7 Å². The van der Waals surface area contributed by atoms with Crippen LogP contribution >= 0.6 is 11.8 Å². The van der Waals surface area contributed by atoms with Crippen LogP contribution in [-0.2, 0) is 7.05 Å². The van der Waals surface area contributed by atoms with E-state index in [4.69, 9.17) is 0 Å². The van der Waals surface area contributed by atoms with E-state index in [1.807, 2.05) is 24.4 Å². The summed E-state index contributed by atoms with van der Waals surface area (Å²) in [5, 5.41) is 14.0. The van der Waals surface area contributed by atoms with E-state index in [9.17, 15) is 0 Å². The fraction of sp³-hybridized carbons (Fsp3) is 0.118. The first-order chi connectivity index (χ1) is 10.7. The molecule has 1 aliphatic heterocycles. The zero-order valence-electron chi connectivity index (χ0n) is 12.4. The van der Waals surface area contributed by atoms with Gasteiger partial charge in [0.1, 0.15) is 4.90 Å². The fourth-order valence-electron chi connectivity index (χ4n) is 2.69. The summed E-state index contributed by atoms with van der Waals surface area (Å²) in [4.78, 5) is 1.25. The summed E-state index contributed by atoms with van der Waals surface area (Å²) >= 11 is 1.75. The number of hydrogen-bond acceptors (Lipinski definition) is 4. The van der Waals surface area contributed by atoms with Crippen LogP contribution < -0.4 is 9.88 Å². The average molecular weight is 307 g/mol. The Balaban J connectivity index is 1.77. The van der Waals surface area contributed by atoms with Gasteiger partial charge in [-0.2, -0.15) is 10.2 Å². The third-order valence-electron chi connectivity index (χ3n) is 3.67. The number of pyridine rings is 1. The van der Waals surface area contributed by atoms with E-state index in [-0.39, 0.29) is 0 Å². The van der Waals surface area contributed by atoms with Gasteiger partial charge in [0.05, 0.1) is 25.0 Å². The first kappa shape index (κ1) is 13.3. The number of anilines is 1. The van der Waals surface area contributed by atoms with Crippen molar-refractivity contribution in [1.29, 1.82) is 0 Å². The maximum Gasteiger partial charge on any atom is 0.294 e. The minimum atomic E-state index is 0.916.